The molecule has 1 aromatic heterocycles. The zero-order chi connectivity index (χ0) is 16.6. The number of rotatable bonds is 8. The van der Waals surface area contributed by atoms with Crippen LogP contribution in [0.1, 0.15) is 23.6 Å². The lowest BCUT2D eigenvalue weighted by molar-refractivity contribution is 0.138. The van der Waals surface area contributed by atoms with E-state index >= 15 is 0 Å². The van der Waals surface area contributed by atoms with Gasteiger partial charge in [0, 0.05) is 32.3 Å². The van der Waals surface area contributed by atoms with Crippen LogP contribution in [0.5, 0.6) is 5.88 Å². The van der Waals surface area contributed by atoms with E-state index in [0.717, 1.165) is 25.1 Å². The first-order chi connectivity index (χ1) is 11.8. The van der Waals surface area contributed by atoms with Gasteiger partial charge >= 0.3 is 0 Å². The third-order valence-corrected chi connectivity index (χ3v) is 4.06. The number of methoxy groups -OCH3 is 1. The van der Waals surface area contributed by atoms with Crippen molar-refractivity contribution in [2.24, 2.45) is 0 Å². The number of pyridine rings is 1. The van der Waals surface area contributed by atoms with E-state index in [-0.39, 0.29) is 12.1 Å². The fraction of sp³-hybridized carbons (Fsp3) is 0.421. The first-order valence-corrected chi connectivity index (χ1v) is 8.32. The number of nitrogens with one attached hydrogen (secondary N) is 1. The standard InChI is InChI=1S/C19H24N2O3/c1-22-14-18(16-5-3-2-4-6-16)21-12-15-7-9-20-19(11-15)24-17-8-10-23-13-17/h2-7,9,11,17-18,21H,8,10,12-14H2,1H3/t17-,18-/m0/s1. The quantitative estimate of drug-likeness (QED) is 0.807. The minimum Gasteiger partial charge on any atom is -0.472 e. The van der Waals surface area contributed by atoms with Gasteiger partial charge in [-0.1, -0.05) is 30.3 Å². The van der Waals surface area contributed by atoms with Crippen molar-refractivity contribution >= 4 is 0 Å². The molecule has 1 fully saturated rings. The van der Waals surface area contributed by atoms with Gasteiger partial charge in [0.15, 0.2) is 0 Å². The van der Waals surface area contributed by atoms with Crippen LogP contribution >= 0.6 is 0 Å². The number of benzene rings is 1. The van der Waals surface area contributed by atoms with Crippen LogP contribution in [-0.2, 0) is 16.0 Å². The number of nitrogens with zero attached hydrogens (tertiary/aromatic N) is 1. The van der Waals surface area contributed by atoms with E-state index in [1.807, 2.05) is 30.3 Å². The molecule has 1 aromatic carbocycles. The maximum atomic E-state index is 5.87. The second-order valence-corrected chi connectivity index (χ2v) is 5.91. The normalized spacial score (nSPS) is 18.5. The van der Waals surface area contributed by atoms with E-state index in [4.69, 9.17) is 14.2 Å². The van der Waals surface area contributed by atoms with Crippen molar-refractivity contribution in [2.75, 3.05) is 26.9 Å². The van der Waals surface area contributed by atoms with Gasteiger partial charge in [-0.3, -0.25) is 0 Å². The summed E-state index contributed by atoms with van der Waals surface area (Å²) in [5.74, 6) is 0.660. The smallest absolute Gasteiger partial charge is 0.213 e. The Morgan fingerprint density at radius 2 is 2.17 bits per heavy atom. The van der Waals surface area contributed by atoms with Crippen molar-refractivity contribution in [3.8, 4) is 5.88 Å². The lowest BCUT2D eigenvalue weighted by Gasteiger charge is -2.19. The van der Waals surface area contributed by atoms with Gasteiger partial charge in [-0.05, 0) is 17.2 Å². The average Bonchev–Trinajstić information content (AvgIpc) is 3.13. The summed E-state index contributed by atoms with van der Waals surface area (Å²) in [5, 5.41) is 3.54. The summed E-state index contributed by atoms with van der Waals surface area (Å²) in [5.41, 5.74) is 2.35. The molecule has 2 aromatic rings. The van der Waals surface area contributed by atoms with Crippen LogP contribution < -0.4 is 10.1 Å². The summed E-state index contributed by atoms with van der Waals surface area (Å²) in [7, 11) is 1.72. The molecule has 1 N–H and O–H groups in total. The number of aromatic nitrogens is 1. The first-order valence-electron chi connectivity index (χ1n) is 8.32. The molecular formula is C19H24N2O3. The van der Waals surface area contributed by atoms with Crippen LogP contribution in [0.4, 0.5) is 0 Å². The molecule has 1 saturated heterocycles. The Kier molecular flexibility index (Phi) is 6.18. The van der Waals surface area contributed by atoms with Crippen molar-refractivity contribution < 1.29 is 14.2 Å². The SMILES string of the molecule is COC[C@H](NCc1ccnc(O[C@H]2CCOC2)c1)c1ccccc1. The van der Waals surface area contributed by atoms with Crippen molar-refractivity contribution in [3.63, 3.8) is 0 Å². The predicted molar refractivity (Wildman–Crippen MR) is 92.0 cm³/mol. The highest BCUT2D eigenvalue weighted by molar-refractivity contribution is 5.22. The Labute approximate surface area is 143 Å². The van der Waals surface area contributed by atoms with E-state index in [9.17, 15) is 0 Å². The van der Waals surface area contributed by atoms with Crippen LogP contribution in [0.3, 0.4) is 0 Å². The third-order valence-electron chi connectivity index (χ3n) is 4.06. The molecule has 24 heavy (non-hydrogen) atoms. The maximum absolute atomic E-state index is 5.87. The van der Waals surface area contributed by atoms with Gasteiger partial charge in [0.05, 0.1) is 25.9 Å². The topological polar surface area (TPSA) is 52.6 Å². The van der Waals surface area contributed by atoms with Crippen molar-refractivity contribution in [1.82, 2.24) is 10.3 Å². The molecule has 0 saturated carbocycles. The van der Waals surface area contributed by atoms with Crippen molar-refractivity contribution in [2.45, 2.75) is 25.1 Å². The molecule has 0 unspecified atom stereocenters. The van der Waals surface area contributed by atoms with Crippen LogP contribution in [0.15, 0.2) is 48.7 Å². The number of ether oxygens (including phenoxy) is 3. The molecule has 5 nitrogen and oxygen atoms in total. The molecular weight excluding hydrogens is 304 g/mol. The molecule has 0 aliphatic carbocycles. The zero-order valence-electron chi connectivity index (χ0n) is 14.0. The lowest BCUT2D eigenvalue weighted by atomic mass is 10.1. The van der Waals surface area contributed by atoms with Gasteiger partial charge < -0.3 is 19.5 Å². The number of hydrogen-bond donors (Lipinski definition) is 1. The van der Waals surface area contributed by atoms with Crippen LogP contribution in [0.25, 0.3) is 0 Å². The molecule has 5 heteroatoms. The van der Waals surface area contributed by atoms with E-state index in [1.54, 1.807) is 13.3 Å². The Bertz CT molecular complexity index is 615. The molecule has 128 valence electrons. The van der Waals surface area contributed by atoms with E-state index < -0.39 is 0 Å². The Morgan fingerprint density at radius 3 is 2.92 bits per heavy atom. The lowest BCUT2D eigenvalue weighted by Crippen LogP contribution is -2.25. The second kappa shape index (κ2) is 8.78. The summed E-state index contributed by atoms with van der Waals surface area (Å²) >= 11 is 0. The summed E-state index contributed by atoms with van der Waals surface area (Å²) in [6.45, 7) is 2.76. The molecule has 0 bridgehead atoms. The molecule has 0 spiro atoms. The Morgan fingerprint density at radius 1 is 1.29 bits per heavy atom. The van der Waals surface area contributed by atoms with Crippen LogP contribution in [0, 0.1) is 0 Å². The summed E-state index contributed by atoms with van der Waals surface area (Å²) in [6.07, 6.45) is 2.83. The summed E-state index contributed by atoms with van der Waals surface area (Å²) < 4.78 is 16.5. The van der Waals surface area contributed by atoms with Crippen molar-refractivity contribution in [3.05, 3.63) is 59.8 Å². The zero-order valence-corrected chi connectivity index (χ0v) is 14.0. The maximum Gasteiger partial charge on any atom is 0.213 e. The summed E-state index contributed by atoms with van der Waals surface area (Å²) in [4.78, 5) is 4.29. The molecule has 2 atom stereocenters. The predicted octanol–water partition coefficient (Wildman–Crippen LogP) is 2.73. The Hall–Kier alpha value is -1.95. The van der Waals surface area contributed by atoms with E-state index in [1.165, 1.54) is 5.56 Å². The van der Waals surface area contributed by atoms with Crippen LogP contribution in [0.2, 0.25) is 0 Å². The minimum absolute atomic E-state index is 0.117. The number of hydrogen-bond acceptors (Lipinski definition) is 5. The molecule has 0 amide bonds. The molecule has 1 aliphatic rings. The van der Waals surface area contributed by atoms with E-state index in [0.29, 0.717) is 19.1 Å². The van der Waals surface area contributed by atoms with E-state index in [2.05, 4.69) is 22.4 Å². The molecule has 0 radical (unpaired) electrons. The van der Waals surface area contributed by atoms with Crippen LogP contribution in [-0.4, -0.2) is 38.0 Å². The largest absolute Gasteiger partial charge is 0.472 e. The molecule has 2 heterocycles. The summed E-state index contributed by atoms with van der Waals surface area (Å²) in [6, 6.07) is 14.5. The minimum atomic E-state index is 0.117. The Balaban J connectivity index is 1.60. The van der Waals surface area contributed by atoms with Gasteiger partial charge in [0.1, 0.15) is 6.10 Å². The van der Waals surface area contributed by atoms with Gasteiger partial charge in [0.2, 0.25) is 5.88 Å². The third kappa shape index (κ3) is 4.77. The highest BCUT2D eigenvalue weighted by atomic mass is 16.5. The molecule has 1 aliphatic heterocycles. The first kappa shape index (κ1) is 16.9. The van der Waals surface area contributed by atoms with Crippen molar-refractivity contribution in [1.29, 1.82) is 0 Å². The second-order valence-electron chi connectivity index (χ2n) is 5.91. The highest BCUT2D eigenvalue weighted by Gasteiger charge is 2.18. The fourth-order valence-corrected chi connectivity index (χ4v) is 2.77. The van der Waals surface area contributed by atoms with Gasteiger partial charge in [0.25, 0.3) is 0 Å². The van der Waals surface area contributed by atoms with Gasteiger partial charge in [-0.2, -0.15) is 0 Å². The van der Waals surface area contributed by atoms with Gasteiger partial charge in [-0.25, -0.2) is 4.98 Å². The molecule has 3 rings (SSSR count). The fourth-order valence-electron chi connectivity index (χ4n) is 2.77. The monoisotopic (exact) mass is 328 g/mol. The highest BCUT2D eigenvalue weighted by Crippen LogP contribution is 2.17. The van der Waals surface area contributed by atoms with Gasteiger partial charge in [-0.15, -0.1) is 0 Å². The average molecular weight is 328 g/mol.